The number of piperidine rings is 1. The van der Waals surface area contributed by atoms with Crippen molar-refractivity contribution in [3.05, 3.63) is 41.4 Å². The van der Waals surface area contributed by atoms with Crippen LogP contribution in [0.25, 0.3) is 5.65 Å². The molecule has 3 aromatic rings. The normalized spacial score (nSPS) is 18.2. The Balaban J connectivity index is 1.22. The van der Waals surface area contributed by atoms with Crippen molar-refractivity contribution in [1.29, 1.82) is 0 Å². The second kappa shape index (κ2) is 6.96. The molecule has 0 unspecified atom stereocenters. The monoisotopic (exact) mass is 384 g/mol. The molecule has 4 heterocycles. The van der Waals surface area contributed by atoms with Gasteiger partial charge in [-0.05, 0) is 43.7 Å². The van der Waals surface area contributed by atoms with E-state index in [9.17, 15) is 0 Å². The van der Waals surface area contributed by atoms with Gasteiger partial charge < -0.3 is 9.64 Å². The average molecular weight is 385 g/mol. The number of anilines is 1. The standard InChI is InChI=1S/C19H21ClN6O/c20-15-11-21-8-5-16(15)27-12-13-6-9-25(10-7-13)18-4-3-17-22-23-19(14-1-2-14)26(17)24-18/h3-5,8,11,13-14H,1-2,6-7,9-10,12H2. The maximum atomic E-state index is 6.11. The highest BCUT2D eigenvalue weighted by Gasteiger charge is 2.29. The molecule has 0 aromatic carbocycles. The molecule has 0 spiro atoms. The van der Waals surface area contributed by atoms with Crippen molar-refractivity contribution in [3.8, 4) is 5.75 Å². The van der Waals surface area contributed by atoms with Crippen molar-refractivity contribution < 1.29 is 4.74 Å². The van der Waals surface area contributed by atoms with Crippen LogP contribution in [0.1, 0.15) is 37.4 Å². The number of aromatic nitrogens is 5. The van der Waals surface area contributed by atoms with Gasteiger partial charge in [0.1, 0.15) is 16.6 Å². The zero-order chi connectivity index (χ0) is 18.2. The maximum absolute atomic E-state index is 6.11. The van der Waals surface area contributed by atoms with Gasteiger partial charge in [0, 0.05) is 37.5 Å². The number of ether oxygens (including phenoxy) is 1. The molecule has 0 amide bonds. The topological polar surface area (TPSA) is 68.4 Å². The fourth-order valence-electron chi connectivity index (χ4n) is 3.58. The Morgan fingerprint density at radius 3 is 2.70 bits per heavy atom. The van der Waals surface area contributed by atoms with Crippen molar-refractivity contribution in [2.45, 2.75) is 31.6 Å². The van der Waals surface area contributed by atoms with Gasteiger partial charge in [0.25, 0.3) is 0 Å². The first kappa shape index (κ1) is 16.7. The lowest BCUT2D eigenvalue weighted by Gasteiger charge is -2.32. The molecule has 1 aliphatic carbocycles. The van der Waals surface area contributed by atoms with E-state index in [1.54, 1.807) is 12.4 Å². The number of halogens is 1. The quantitative estimate of drug-likeness (QED) is 0.672. The maximum Gasteiger partial charge on any atom is 0.178 e. The summed E-state index contributed by atoms with van der Waals surface area (Å²) in [7, 11) is 0. The van der Waals surface area contributed by atoms with Gasteiger partial charge in [0.05, 0.1) is 6.61 Å². The molecule has 27 heavy (non-hydrogen) atoms. The van der Waals surface area contributed by atoms with E-state index >= 15 is 0 Å². The smallest absolute Gasteiger partial charge is 0.178 e. The van der Waals surface area contributed by atoms with E-state index in [2.05, 4.69) is 20.1 Å². The second-order valence-electron chi connectivity index (χ2n) is 7.34. The molecule has 0 radical (unpaired) electrons. The number of rotatable bonds is 5. The van der Waals surface area contributed by atoms with E-state index < -0.39 is 0 Å². The van der Waals surface area contributed by atoms with Crippen LogP contribution in [0.5, 0.6) is 5.75 Å². The first-order valence-electron chi connectivity index (χ1n) is 9.47. The van der Waals surface area contributed by atoms with E-state index in [1.807, 2.05) is 22.7 Å². The molecule has 1 aliphatic heterocycles. The zero-order valence-corrected chi connectivity index (χ0v) is 15.7. The molecule has 5 rings (SSSR count). The third kappa shape index (κ3) is 3.43. The lowest BCUT2D eigenvalue weighted by molar-refractivity contribution is 0.222. The van der Waals surface area contributed by atoms with Crippen LogP contribution in [0.15, 0.2) is 30.6 Å². The summed E-state index contributed by atoms with van der Waals surface area (Å²) in [5.74, 6) is 3.77. The van der Waals surface area contributed by atoms with Gasteiger partial charge in [0.2, 0.25) is 0 Å². The Bertz CT molecular complexity index is 948. The van der Waals surface area contributed by atoms with E-state index in [1.165, 1.54) is 12.8 Å². The molecular formula is C19H21ClN6O. The lowest BCUT2D eigenvalue weighted by Crippen LogP contribution is -2.36. The molecule has 1 saturated heterocycles. The summed E-state index contributed by atoms with van der Waals surface area (Å²) in [5, 5.41) is 13.9. The van der Waals surface area contributed by atoms with Gasteiger partial charge in [-0.25, -0.2) is 0 Å². The minimum atomic E-state index is 0.520. The predicted octanol–water partition coefficient (Wildman–Crippen LogP) is 3.35. The third-order valence-electron chi connectivity index (χ3n) is 5.36. The number of hydrogen-bond acceptors (Lipinski definition) is 6. The van der Waals surface area contributed by atoms with Crippen molar-refractivity contribution in [1.82, 2.24) is 24.8 Å². The van der Waals surface area contributed by atoms with E-state index in [-0.39, 0.29) is 0 Å². The van der Waals surface area contributed by atoms with E-state index in [0.717, 1.165) is 43.2 Å². The Labute approximate surface area is 162 Å². The van der Waals surface area contributed by atoms with Crippen molar-refractivity contribution in [3.63, 3.8) is 0 Å². The number of nitrogens with zero attached hydrogens (tertiary/aromatic N) is 6. The van der Waals surface area contributed by atoms with Crippen LogP contribution >= 0.6 is 11.6 Å². The molecule has 140 valence electrons. The van der Waals surface area contributed by atoms with Crippen LogP contribution in [0.3, 0.4) is 0 Å². The molecule has 7 nitrogen and oxygen atoms in total. The van der Waals surface area contributed by atoms with Crippen molar-refractivity contribution >= 4 is 23.1 Å². The minimum absolute atomic E-state index is 0.520. The second-order valence-corrected chi connectivity index (χ2v) is 7.75. The minimum Gasteiger partial charge on any atom is -0.492 e. The van der Waals surface area contributed by atoms with Crippen LogP contribution < -0.4 is 9.64 Å². The fraction of sp³-hybridized carbons (Fsp3) is 0.474. The summed E-state index contributed by atoms with van der Waals surface area (Å²) in [5.41, 5.74) is 0.832. The van der Waals surface area contributed by atoms with Crippen molar-refractivity contribution in [2.24, 2.45) is 5.92 Å². The molecule has 0 N–H and O–H groups in total. The number of hydrogen-bond donors (Lipinski definition) is 0. The molecule has 0 bridgehead atoms. The third-order valence-corrected chi connectivity index (χ3v) is 5.65. The Hall–Kier alpha value is -2.41. The summed E-state index contributed by atoms with van der Waals surface area (Å²) in [6.07, 6.45) is 7.84. The SMILES string of the molecule is Clc1cnccc1OCC1CCN(c2ccc3nnc(C4CC4)n3n2)CC1. The fourth-order valence-corrected chi connectivity index (χ4v) is 3.75. The van der Waals surface area contributed by atoms with E-state index in [0.29, 0.717) is 29.2 Å². The molecule has 0 atom stereocenters. The molecule has 2 fully saturated rings. The van der Waals surface area contributed by atoms with Crippen LogP contribution in [0.4, 0.5) is 5.82 Å². The highest BCUT2D eigenvalue weighted by molar-refractivity contribution is 6.31. The number of pyridine rings is 1. The van der Waals surface area contributed by atoms with Gasteiger partial charge in [0.15, 0.2) is 11.5 Å². The average Bonchev–Trinajstić information content (AvgIpc) is 3.46. The Morgan fingerprint density at radius 2 is 1.93 bits per heavy atom. The summed E-state index contributed by atoms with van der Waals surface area (Å²) in [4.78, 5) is 6.32. The largest absolute Gasteiger partial charge is 0.492 e. The molecule has 2 aliphatic rings. The van der Waals surface area contributed by atoms with Crippen LogP contribution in [0, 0.1) is 5.92 Å². The van der Waals surface area contributed by atoms with Gasteiger partial charge >= 0.3 is 0 Å². The molecule has 1 saturated carbocycles. The van der Waals surface area contributed by atoms with Crippen LogP contribution in [-0.2, 0) is 0 Å². The Kier molecular flexibility index (Phi) is 4.32. The lowest BCUT2D eigenvalue weighted by atomic mass is 9.98. The Morgan fingerprint density at radius 1 is 1.07 bits per heavy atom. The highest BCUT2D eigenvalue weighted by atomic mass is 35.5. The van der Waals surface area contributed by atoms with Gasteiger partial charge in [-0.1, -0.05) is 11.6 Å². The summed E-state index contributed by atoms with van der Waals surface area (Å²) in [6, 6.07) is 5.88. The van der Waals surface area contributed by atoms with Gasteiger partial charge in [-0.2, -0.15) is 4.52 Å². The summed E-state index contributed by atoms with van der Waals surface area (Å²) < 4.78 is 7.81. The molecular weight excluding hydrogens is 364 g/mol. The first-order valence-corrected chi connectivity index (χ1v) is 9.85. The van der Waals surface area contributed by atoms with Gasteiger partial charge in [-0.3, -0.25) is 4.98 Å². The van der Waals surface area contributed by atoms with Gasteiger partial charge in [-0.15, -0.1) is 15.3 Å². The molecule has 8 heteroatoms. The van der Waals surface area contributed by atoms with E-state index in [4.69, 9.17) is 21.4 Å². The summed E-state index contributed by atoms with van der Waals surface area (Å²) in [6.45, 7) is 2.62. The van der Waals surface area contributed by atoms with Crippen molar-refractivity contribution in [2.75, 3.05) is 24.6 Å². The number of fused-ring (bicyclic) bond motifs is 1. The first-order chi connectivity index (χ1) is 13.3. The zero-order valence-electron chi connectivity index (χ0n) is 15.0. The molecule has 3 aromatic heterocycles. The van der Waals surface area contributed by atoms with Crippen LogP contribution in [0.2, 0.25) is 5.02 Å². The predicted molar refractivity (Wildman–Crippen MR) is 102 cm³/mol. The van der Waals surface area contributed by atoms with Crippen LogP contribution in [-0.4, -0.2) is 44.5 Å². The summed E-state index contributed by atoms with van der Waals surface area (Å²) >= 11 is 6.11. The highest BCUT2D eigenvalue weighted by Crippen LogP contribution is 2.38.